The number of amides is 1. The molecule has 1 atom stereocenters. The molecule has 1 saturated heterocycles. The summed E-state index contributed by atoms with van der Waals surface area (Å²) in [4.78, 5) is 21.4. The van der Waals surface area contributed by atoms with Crippen molar-refractivity contribution < 1.29 is 4.79 Å². The maximum Gasteiger partial charge on any atom is 0.238 e. The molecule has 0 saturated carbocycles. The lowest BCUT2D eigenvalue weighted by Crippen LogP contribution is -2.45. The largest absolute Gasteiger partial charge is 0.369 e. The van der Waals surface area contributed by atoms with Gasteiger partial charge in [0.2, 0.25) is 5.91 Å². The molecule has 5 nitrogen and oxygen atoms in total. The van der Waals surface area contributed by atoms with E-state index < -0.39 is 0 Å². The summed E-state index contributed by atoms with van der Waals surface area (Å²) >= 11 is 1.83. The van der Waals surface area contributed by atoms with Crippen LogP contribution >= 0.6 is 11.3 Å². The molecule has 2 aliphatic rings. The van der Waals surface area contributed by atoms with Crippen LogP contribution in [0.3, 0.4) is 0 Å². The first-order chi connectivity index (χ1) is 16.2. The number of rotatable bonds is 6. The highest BCUT2D eigenvalue weighted by Crippen LogP contribution is 2.32. The first-order valence-corrected chi connectivity index (χ1v) is 12.7. The molecule has 0 radical (unpaired) electrons. The Morgan fingerprint density at radius 2 is 1.73 bits per heavy atom. The molecular weight excluding hydrogens is 428 g/mol. The van der Waals surface area contributed by atoms with Crippen LogP contribution in [0.15, 0.2) is 66.0 Å². The molecule has 1 amide bonds. The van der Waals surface area contributed by atoms with Gasteiger partial charge in [0.15, 0.2) is 0 Å². The third kappa shape index (κ3) is 5.29. The molecule has 1 aromatic heterocycles. The van der Waals surface area contributed by atoms with Crippen LogP contribution < -0.4 is 10.2 Å². The van der Waals surface area contributed by atoms with Gasteiger partial charge >= 0.3 is 0 Å². The number of thiophene rings is 1. The molecule has 5 rings (SSSR count). The predicted octanol–water partition coefficient (Wildman–Crippen LogP) is 4.63. The molecule has 0 bridgehead atoms. The van der Waals surface area contributed by atoms with Crippen LogP contribution in [0, 0.1) is 0 Å². The number of carbonyl (C=O) groups excluding carboxylic acids is 1. The Bertz CT molecular complexity index is 1060. The van der Waals surface area contributed by atoms with E-state index in [1.807, 2.05) is 23.5 Å². The van der Waals surface area contributed by atoms with E-state index in [4.69, 9.17) is 0 Å². The average molecular weight is 461 g/mol. The third-order valence-electron chi connectivity index (χ3n) is 6.89. The second kappa shape index (κ2) is 10.1. The summed E-state index contributed by atoms with van der Waals surface area (Å²) in [6, 6.07) is 21.5. The molecule has 3 heterocycles. The highest BCUT2D eigenvalue weighted by atomic mass is 32.1. The molecule has 1 unspecified atom stereocenters. The minimum atomic E-state index is 0.0582. The van der Waals surface area contributed by atoms with Crippen LogP contribution in [0.5, 0.6) is 0 Å². The van der Waals surface area contributed by atoms with Gasteiger partial charge in [0.05, 0.1) is 6.54 Å². The molecule has 3 aromatic rings. The number of nitrogens with zero attached hydrogens (tertiary/aromatic N) is 3. The van der Waals surface area contributed by atoms with Gasteiger partial charge in [-0.3, -0.25) is 14.6 Å². The van der Waals surface area contributed by atoms with E-state index in [1.165, 1.54) is 21.7 Å². The van der Waals surface area contributed by atoms with Gasteiger partial charge in [0, 0.05) is 61.6 Å². The molecule has 1 fully saturated rings. The molecule has 0 aliphatic carbocycles. The van der Waals surface area contributed by atoms with Gasteiger partial charge in [-0.05, 0) is 60.2 Å². The molecule has 33 heavy (non-hydrogen) atoms. The lowest BCUT2D eigenvalue weighted by molar-refractivity contribution is -0.117. The van der Waals surface area contributed by atoms with E-state index in [2.05, 4.69) is 80.9 Å². The quantitative estimate of drug-likeness (QED) is 0.582. The fraction of sp³-hybridized carbons (Fsp3) is 0.370. The van der Waals surface area contributed by atoms with Crippen molar-refractivity contribution >= 4 is 28.6 Å². The molecule has 1 N–H and O–H groups in total. The van der Waals surface area contributed by atoms with E-state index in [0.29, 0.717) is 12.6 Å². The van der Waals surface area contributed by atoms with Crippen molar-refractivity contribution in [2.75, 3.05) is 49.5 Å². The van der Waals surface area contributed by atoms with Gasteiger partial charge < -0.3 is 10.2 Å². The molecule has 0 spiro atoms. The summed E-state index contributed by atoms with van der Waals surface area (Å²) in [5.41, 5.74) is 4.85. The van der Waals surface area contributed by atoms with Crippen LogP contribution in [0.1, 0.15) is 29.0 Å². The highest BCUT2D eigenvalue weighted by Gasteiger charge is 2.26. The summed E-state index contributed by atoms with van der Waals surface area (Å²) in [6.07, 6.45) is 1.04. The Morgan fingerprint density at radius 3 is 2.48 bits per heavy atom. The zero-order valence-corrected chi connectivity index (χ0v) is 20.1. The smallest absolute Gasteiger partial charge is 0.238 e. The standard InChI is InChI=1S/C27H32N4OS/c1-21-25-12-18-33-26(25)11-13-31(21)20-27(32)28-23-7-9-24(10-8-23)30-16-14-29(15-17-30)19-22-5-3-2-4-6-22/h2-10,12,18,21H,11,13-17,19-20H2,1H3,(H,28,32). The fourth-order valence-electron chi connectivity index (χ4n) is 4.92. The summed E-state index contributed by atoms with van der Waals surface area (Å²) in [6.45, 7) is 8.76. The van der Waals surface area contributed by atoms with Crippen molar-refractivity contribution in [3.05, 3.63) is 82.0 Å². The van der Waals surface area contributed by atoms with E-state index in [1.54, 1.807) is 0 Å². The Kier molecular flexibility index (Phi) is 6.76. The van der Waals surface area contributed by atoms with Crippen LogP contribution in [0.25, 0.3) is 0 Å². The van der Waals surface area contributed by atoms with Gasteiger partial charge in [-0.25, -0.2) is 0 Å². The first-order valence-electron chi connectivity index (χ1n) is 11.9. The number of piperazine rings is 1. The molecular formula is C27H32N4OS. The van der Waals surface area contributed by atoms with E-state index >= 15 is 0 Å². The number of fused-ring (bicyclic) bond motifs is 1. The first kappa shape index (κ1) is 22.1. The lowest BCUT2D eigenvalue weighted by Gasteiger charge is -2.36. The number of carbonyl (C=O) groups is 1. The third-order valence-corrected chi connectivity index (χ3v) is 7.88. The SMILES string of the molecule is CC1c2ccsc2CCN1CC(=O)Nc1ccc(N2CCN(Cc3ccccc3)CC2)cc1. The molecule has 2 aliphatic heterocycles. The Balaban J connectivity index is 1.10. The van der Waals surface area contributed by atoms with Gasteiger partial charge in [-0.15, -0.1) is 11.3 Å². The van der Waals surface area contributed by atoms with Gasteiger partial charge in [-0.2, -0.15) is 0 Å². The normalized spacial score (nSPS) is 19.3. The number of anilines is 2. The minimum Gasteiger partial charge on any atom is -0.369 e. The van der Waals surface area contributed by atoms with Crippen LogP contribution in [-0.4, -0.2) is 55.0 Å². The number of hydrogen-bond donors (Lipinski definition) is 1. The number of benzene rings is 2. The Labute approximate surface area is 200 Å². The van der Waals surface area contributed by atoms with Crippen molar-refractivity contribution in [2.24, 2.45) is 0 Å². The zero-order chi connectivity index (χ0) is 22.6. The highest BCUT2D eigenvalue weighted by molar-refractivity contribution is 7.10. The van der Waals surface area contributed by atoms with Gasteiger partial charge in [0.1, 0.15) is 0 Å². The van der Waals surface area contributed by atoms with Gasteiger partial charge in [-0.1, -0.05) is 30.3 Å². The van der Waals surface area contributed by atoms with Crippen molar-refractivity contribution in [3.63, 3.8) is 0 Å². The fourth-order valence-corrected chi connectivity index (χ4v) is 5.89. The second-order valence-corrected chi connectivity index (χ2v) is 10.0. The van der Waals surface area contributed by atoms with Crippen LogP contribution in [0.2, 0.25) is 0 Å². The maximum atomic E-state index is 12.7. The Hall–Kier alpha value is -2.67. The average Bonchev–Trinajstić information content (AvgIpc) is 3.32. The van der Waals surface area contributed by atoms with Crippen molar-refractivity contribution in [1.29, 1.82) is 0 Å². The summed E-state index contributed by atoms with van der Waals surface area (Å²) in [5.74, 6) is 0.0582. The summed E-state index contributed by atoms with van der Waals surface area (Å²) < 4.78 is 0. The van der Waals surface area contributed by atoms with E-state index in [-0.39, 0.29) is 5.91 Å². The number of hydrogen-bond acceptors (Lipinski definition) is 5. The van der Waals surface area contributed by atoms with Crippen LogP contribution in [0.4, 0.5) is 11.4 Å². The van der Waals surface area contributed by atoms with Crippen LogP contribution in [-0.2, 0) is 17.8 Å². The van der Waals surface area contributed by atoms with Crippen molar-refractivity contribution in [1.82, 2.24) is 9.80 Å². The molecule has 172 valence electrons. The summed E-state index contributed by atoms with van der Waals surface area (Å²) in [7, 11) is 0. The Morgan fingerprint density at radius 1 is 0.970 bits per heavy atom. The second-order valence-electron chi connectivity index (χ2n) is 9.04. The minimum absolute atomic E-state index is 0.0582. The topological polar surface area (TPSA) is 38.8 Å². The van der Waals surface area contributed by atoms with E-state index in [0.717, 1.165) is 51.4 Å². The monoisotopic (exact) mass is 460 g/mol. The summed E-state index contributed by atoms with van der Waals surface area (Å²) in [5, 5.41) is 5.25. The van der Waals surface area contributed by atoms with Gasteiger partial charge in [0.25, 0.3) is 0 Å². The maximum absolute atomic E-state index is 12.7. The van der Waals surface area contributed by atoms with E-state index in [9.17, 15) is 4.79 Å². The molecule has 2 aromatic carbocycles. The van der Waals surface area contributed by atoms with Crippen molar-refractivity contribution in [3.8, 4) is 0 Å². The predicted molar refractivity (Wildman–Crippen MR) is 137 cm³/mol. The zero-order valence-electron chi connectivity index (χ0n) is 19.2. The number of nitrogens with one attached hydrogen (secondary N) is 1. The molecule has 6 heteroatoms. The lowest BCUT2D eigenvalue weighted by atomic mass is 10.0. The van der Waals surface area contributed by atoms with Crippen molar-refractivity contribution in [2.45, 2.75) is 25.9 Å².